The molecule has 0 spiro atoms. The molecule has 1 rings (SSSR count). The molecule has 2 nitrogen and oxygen atoms in total. The fourth-order valence-electron chi connectivity index (χ4n) is 2.58. The van der Waals surface area contributed by atoms with Gasteiger partial charge < -0.3 is 4.18 Å². The van der Waals surface area contributed by atoms with Gasteiger partial charge in [-0.05, 0) is 38.0 Å². The zero-order valence-corrected chi connectivity index (χ0v) is 14.0. The monoisotopic (exact) mass is 282 g/mol. The molecule has 1 aromatic rings. The number of benzene rings is 1. The molecule has 0 aliphatic rings. The number of ketones is 1. The molecule has 19 heavy (non-hydrogen) atoms. The van der Waals surface area contributed by atoms with E-state index in [0.717, 1.165) is 22.4 Å². The maximum Gasteiger partial charge on any atom is 0.141 e. The Balaban J connectivity index is 0.00000154. The highest BCUT2D eigenvalue weighted by Gasteiger charge is 2.28. The topological polar surface area (TPSA) is 26.3 Å². The maximum atomic E-state index is 11.4. The summed E-state index contributed by atoms with van der Waals surface area (Å²) >= 11 is 3.91. The third kappa shape index (κ3) is 4.90. The number of hydrogen-bond acceptors (Lipinski definition) is 3. The van der Waals surface area contributed by atoms with E-state index in [1.54, 1.807) is 6.92 Å². The molecular weight excluding hydrogens is 256 g/mol. The van der Waals surface area contributed by atoms with Gasteiger partial charge in [-0.2, -0.15) is 0 Å². The molecule has 0 atom stereocenters. The molecule has 0 aromatic heterocycles. The van der Waals surface area contributed by atoms with E-state index in [4.69, 9.17) is 4.18 Å². The fourth-order valence-corrected chi connectivity index (χ4v) is 2.72. The highest BCUT2D eigenvalue weighted by atomic mass is 32.1. The van der Waals surface area contributed by atoms with Crippen molar-refractivity contribution in [1.82, 2.24) is 0 Å². The van der Waals surface area contributed by atoms with E-state index < -0.39 is 0 Å². The molecular formula is C16H26O2S. The molecule has 0 aliphatic heterocycles. The summed E-state index contributed by atoms with van der Waals surface area (Å²) in [5, 5.41) is 0. The van der Waals surface area contributed by atoms with Crippen LogP contribution < -0.4 is 4.18 Å². The van der Waals surface area contributed by atoms with Crippen LogP contribution in [0.25, 0.3) is 0 Å². The number of hydrogen-bond donors (Lipinski definition) is 1. The van der Waals surface area contributed by atoms with Crippen LogP contribution >= 0.6 is 12.9 Å². The first-order chi connectivity index (χ1) is 8.77. The van der Waals surface area contributed by atoms with E-state index in [-0.39, 0.29) is 11.2 Å². The van der Waals surface area contributed by atoms with Crippen molar-refractivity contribution in [2.24, 2.45) is 0 Å². The van der Waals surface area contributed by atoms with Crippen LogP contribution in [-0.4, -0.2) is 5.78 Å². The average Bonchev–Trinajstić information content (AvgIpc) is 2.28. The van der Waals surface area contributed by atoms with Gasteiger partial charge >= 0.3 is 0 Å². The quantitative estimate of drug-likeness (QED) is 0.633. The number of carbonyl (C=O) groups is 1. The van der Waals surface area contributed by atoms with Crippen molar-refractivity contribution in [3.05, 3.63) is 28.8 Å². The second kappa shape index (κ2) is 7.59. The third-order valence-electron chi connectivity index (χ3n) is 2.91. The summed E-state index contributed by atoms with van der Waals surface area (Å²) in [6, 6.07) is 4.06. The van der Waals surface area contributed by atoms with Crippen molar-refractivity contribution in [1.29, 1.82) is 0 Å². The largest absolute Gasteiger partial charge is 0.429 e. The van der Waals surface area contributed by atoms with Gasteiger partial charge in [-0.1, -0.05) is 33.8 Å². The maximum absolute atomic E-state index is 11.4. The van der Waals surface area contributed by atoms with Gasteiger partial charge in [0.1, 0.15) is 11.5 Å². The standard InChI is InChI=1S/C14H20O2S.C2H6/c1-9-6-10(2)13(12(7-9)16-17)14(4,5)8-11(3)15;1-2/h6-7,17H,8H2,1-5H3;1-2H3. The lowest BCUT2D eigenvalue weighted by atomic mass is 9.77. The van der Waals surface area contributed by atoms with Gasteiger partial charge in [-0.3, -0.25) is 4.79 Å². The first-order valence-electron chi connectivity index (χ1n) is 6.70. The molecule has 0 fully saturated rings. The minimum atomic E-state index is -0.234. The van der Waals surface area contributed by atoms with Crippen molar-refractivity contribution in [3.8, 4) is 5.75 Å². The lowest BCUT2D eigenvalue weighted by Crippen LogP contribution is -2.22. The summed E-state index contributed by atoms with van der Waals surface area (Å²) in [7, 11) is 0. The Morgan fingerprint density at radius 1 is 1.26 bits per heavy atom. The molecule has 0 radical (unpaired) electrons. The Hall–Kier alpha value is -0.960. The fraction of sp³-hybridized carbons (Fsp3) is 0.562. The van der Waals surface area contributed by atoms with Crippen LogP contribution in [0.1, 0.15) is 57.7 Å². The number of thiol groups is 1. The van der Waals surface area contributed by atoms with E-state index >= 15 is 0 Å². The second-order valence-electron chi connectivity index (χ2n) is 5.31. The molecule has 108 valence electrons. The van der Waals surface area contributed by atoms with Gasteiger partial charge in [0, 0.05) is 30.3 Å². The smallest absolute Gasteiger partial charge is 0.141 e. The first-order valence-corrected chi connectivity index (χ1v) is 7.07. The molecule has 0 aliphatic carbocycles. The lowest BCUT2D eigenvalue weighted by molar-refractivity contribution is -0.118. The Bertz CT molecular complexity index is 437. The Morgan fingerprint density at radius 2 is 1.79 bits per heavy atom. The highest BCUT2D eigenvalue weighted by molar-refractivity contribution is 7.75. The highest BCUT2D eigenvalue weighted by Crippen LogP contribution is 2.38. The average molecular weight is 282 g/mol. The number of rotatable bonds is 4. The Kier molecular flexibility index (Phi) is 7.20. The Morgan fingerprint density at radius 3 is 2.21 bits per heavy atom. The predicted molar refractivity (Wildman–Crippen MR) is 85.2 cm³/mol. The number of aryl methyl sites for hydroxylation is 2. The molecule has 0 amide bonds. The first kappa shape index (κ1) is 18.0. The van der Waals surface area contributed by atoms with Gasteiger partial charge in [0.15, 0.2) is 0 Å². The van der Waals surface area contributed by atoms with E-state index in [1.807, 2.05) is 33.8 Å². The summed E-state index contributed by atoms with van der Waals surface area (Å²) in [6.07, 6.45) is 0.501. The number of Topliss-reactive ketones (excluding diaryl/α,β-unsaturated/α-hetero) is 1. The molecule has 0 N–H and O–H groups in total. The SMILES string of the molecule is CC.CC(=O)CC(C)(C)c1c(C)cc(C)cc1OS. The van der Waals surface area contributed by atoms with Gasteiger partial charge in [0.2, 0.25) is 0 Å². The van der Waals surface area contributed by atoms with Crippen LogP contribution in [0, 0.1) is 13.8 Å². The predicted octanol–water partition coefficient (Wildman–Crippen LogP) is 4.81. The van der Waals surface area contributed by atoms with Crippen molar-refractivity contribution in [2.75, 3.05) is 0 Å². The summed E-state index contributed by atoms with van der Waals surface area (Å²) in [5.74, 6) is 0.928. The van der Waals surface area contributed by atoms with Crippen molar-refractivity contribution in [3.63, 3.8) is 0 Å². The van der Waals surface area contributed by atoms with Crippen LogP contribution in [0.3, 0.4) is 0 Å². The molecule has 0 heterocycles. The molecule has 0 saturated heterocycles. The van der Waals surface area contributed by atoms with Crippen LogP contribution in [0.2, 0.25) is 0 Å². The van der Waals surface area contributed by atoms with Crippen molar-refractivity contribution < 1.29 is 8.98 Å². The zero-order chi connectivity index (χ0) is 15.2. The van der Waals surface area contributed by atoms with E-state index in [0.29, 0.717) is 6.42 Å². The van der Waals surface area contributed by atoms with Gasteiger partial charge in [0.05, 0.1) is 0 Å². The van der Waals surface area contributed by atoms with E-state index in [2.05, 4.69) is 32.8 Å². The lowest BCUT2D eigenvalue weighted by Gasteiger charge is -2.28. The molecule has 0 saturated carbocycles. The van der Waals surface area contributed by atoms with Crippen LogP contribution in [-0.2, 0) is 10.2 Å². The minimum absolute atomic E-state index is 0.181. The van der Waals surface area contributed by atoms with Crippen LogP contribution in [0.4, 0.5) is 0 Å². The van der Waals surface area contributed by atoms with E-state index in [1.165, 1.54) is 0 Å². The summed E-state index contributed by atoms with van der Waals surface area (Å²) in [5.41, 5.74) is 3.10. The number of carbonyl (C=O) groups excluding carboxylic acids is 1. The summed E-state index contributed by atoms with van der Waals surface area (Å²) in [6.45, 7) is 13.8. The second-order valence-corrected chi connectivity index (χ2v) is 5.49. The van der Waals surface area contributed by atoms with Gasteiger partial charge in [-0.25, -0.2) is 0 Å². The zero-order valence-electron chi connectivity index (χ0n) is 13.1. The Labute approximate surface area is 123 Å². The summed E-state index contributed by atoms with van der Waals surface area (Å²) < 4.78 is 5.16. The van der Waals surface area contributed by atoms with Crippen LogP contribution in [0.5, 0.6) is 5.75 Å². The molecule has 0 bridgehead atoms. The van der Waals surface area contributed by atoms with Crippen molar-refractivity contribution >= 4 is 18.7 Å². The molecule has 3 heteroatoms. The van der Waals surface area contributed by atoms with E-state index in [9.17, 15) is 4.79 Å². The normalized spacial score (nSPS) is 10.5. The van der Waals surface area contributed by atoms with Crippen LogP contribution in [0.15, 0.2) is 12.1 Å². The van der Waals surface area contributed by atoms with Gasteiger partial charge in [-0.15, -0.1) is 0 Å². The summed E-state index contributed by atoms with van der Waals surface area (Å²) in [4.78, 5) is 11.4. The minimum Gasteiger partial charge on any atom is -0.429 e. The molecule has 0 unspecified atom stereocenters. The molecule has 1 aromatic carbocycles. The third-order valence-corrected chi connectivity index (χ3v) is 3.11. The van der Waals surface area contributed by atoms with Crippen molar-refractivity contribution in [2.45, 2.75) is 60.3 Å². The van der Waals surface area contributed by atoms with Gasteiger partial charge in [0.25, 0.3) is 0 Å².